The van der Waals surface area contributed by atoms with Crippen molar-refractivity contribution in [1.82, 2.24) is 19.3 Å². The molecule has 2 aromatic heterocycles. The van der Waals surface area contributed by atoms with Gasteiger partial charge in [-0.3, -0.25) is 9.78 Å². The van der Waals surface area contributed by atoms with Crippen LogP contribution in [0.1, 0.15) is 25.0 Å². The molecule has 1 aromatic carbocycles. The number of hydrogen-bond donors (Lipinski definition) is 1. The van der Waals surface area contributed by atoms with E-state index in [9.17, 15) is 13.2 Å². The topological polar surface area (TPSA) is 97.2 Å². The van der Waals surface area contributed by atoms with Crippen LogP contribution in [0.2, 0.25) is 0 Å². The predicted octanol–water partition coefficient (Wildman–Crippen LogP) is 2.51. The van der Waals surface area contributed by atoms with E-state index in [-0.39, 0.29) is 17.5 Å². The van der Waals surface area contributed by atoms with Crippen LogP contribution in [0.5, 0.6) is 0 Å². The molecule has 158 valence electrons. The number of aromatic nitrogens is 3. The fourth-order valence-electron chi connectivity index (χ4n) is 3.07. The lowest BCUT2D eigenvalue weighted by Gasteiger charge is -2.19. The van der Waals surface area contributed by atoms with Crippen molar-refractivity contribution in [2.45, 2.75) is 31.8 Å². The third-order valence-electron chi connectivity index (χ3n) is 4.85. The zero-order chi connectivity index (χ0) is 21.9. The second-order valence-corrected chi connectivity index (χ2v) is 8.77. The molecule has 0 spiro atoms. The van der Waals surface area contributed by atoms with Crippen molar-refractivity contribution >= 4 is 21.6 Å². The second-order valence-electron chi connectivity index (χ2n) is 7.06. The number of rotatable bonds is 7. The van der Waals surface area contributed by atoms with Gasteiger partial charge in [-0.15, -0.1) is 0 Å². The van der Waals surface area contributed by atoms with E-state index in [1.165, 1.54) is 19.4 Å². The fourth-order valence-corrected chi connectivity index (χ4v) is 4.06. The molecule has 1 N–H and O–H groups in total. The molecule has 30 heavy (non-hydrogen) atoms. The van der Waals surface area contributed by atoms with Gasteiger partial charge in [-0.2, -0.15) is 0 Å². The fraction of sp³-hybridized carbons (Fsp3) is 0.286. The highest BCUT2D eigenvalue weighted by molar-refractivity contribution is 7.89. The highest BCUT2D eigenvalue weighted by Gasteiger charge is 2.17. The second kappa shape index (κ2) is 8.76. The van der Waals surface area contributed by atoms with Gasteiger partial charge in [-0.1, -0.05) is 13.0 Å². The Kier molecular flexibility index (Phi) is 6.33. The molecule has 0 aliphatic rings. The normalized spacial score (nSPS) is 11.5. The number of sulfonamides is 1. The Bertz CT molecular complexity index is 1170. The summed E-state index contributed by atoms with van der Waals surface area (Å²) < 4.78 is 28.9. The zero-order valence-electron chi connectivity index (χ0n) is 17.5. The molecule has 8 nitrogen and oxygen atoms in total. The first kappa shape index (κ1) is 21.7. The van der Waals surface area contributed by atoms with Crippen LogP contribution >= 0.6 is 0 Å². The standard InChI is InChI=1S/C21H25N5O3S/c1-5-17-9-18(6-7-20(17)26(4)15(2)27)19-8-16(10-22-12-19)11-24-30(28,29)21-13-25(3)14-23-21/h6-10,12-14,24H,5,11H2,1-4H3. The molecule has 9 heteroatoms. The number of carbonyl (C=O) groups is 1. The Morgan fingerprint density at radius 3 is 2.60 bits per heavy atom. The van der Waals surface area contributed by atoms with Gasteiger partial charge in [0, 0.05) is 57.4 Å². The summed E-state index contributed by atoms with van der Waals surface area (Å²) in [6.45, 7) is 3.68. The third-order valence-corrected chi connectivity index (χ3v) is 6.13. The van der Waals surface area contributed by atoms with E-state index in [4.69, 9.17) is 0 Å². The number of amides is 1. The minimum atomic E-state index is -3.70. The summed E-state index contributed by atoms with van der Waals surface area (Å²) in [7, 11) is -0.228. The lowest BCUT2D eigenvalue weighted by molar-refractivity contribution is -0.116. The molecular weight excluding hydrogens is 402 g/mol. The van der Waals surface area contributed by atoms with Crippen molar-refractivity contribution in [1.29, 1.82) is 0 Å². The van der Waals surface area contributed by atoms with E-state index in [2.05, 4.69) is 14.7 Å². The number of benzene rings is 1. The van der Waals surface area contributed by atoms with E-state index in [0.29, 0.717) is 0 Å². The lowest BCUT2D eigenvalue weighted by atomic mass is 10.0. The highest BCUT2D eigenvalue weighted by Crippen LogP contribution is 2.28. The van der Waals surface area contributed by atoms with Crippen LogP contribution in [0.25, 0.3) is 11.1 Å². The van der Waals surface area contributed by atoms with Crippen LogP contribution in [-0.4, -0.2) is 35.9 Å². The first-order valence-electron chi connectivity index (χ1n) is 9.50. The Balaban J connectivity index is 1.82. The van der Waals surface area contributed by atoms with Crippen molar-refractivity contribution in [3.05, 3.63) is 60.3 Å². The number of nitrogens with one attached hydrogen (secondary N) is 1. The van der Waals surface area contributed by atoms with Crippen LogP contribution < -0.4 is 9.62 Å². The Hall–Kier alpha value is -3.04. The number of carbonyl (C=O) groups excluding carboxylic acids is 1. The van der Waals surface area contributed by atoms with Gasteiger partial charge >= 0.3 is 0 Å². The van der Waals surface area contributed by atoms with Gasteiger partial charge in [-0.05, 0) is 41.3 Å². The SMILES string of the molecule is CCc1cc(-c2cncc(CNS(=O)(=O)c3cn(C)cn3)c2)ccc1N(C)C(C)=O. The Morgan fingerprint density at radius 1 is 1.20 bits per heavy atom. The van der Waals surface area contributed by atoms with Crippen LogP contribution in [0, 0.1) is 0 Å². The smallest absolute Gasteiger partial charge is 0.259 e. The highest BCUT2D eigenvalue weighted by atomic mass is 32.2. The van der Waals surface area contributed by atoms with Crippen molar-refractivity contribution in [2.24, 2.45) is 7.05 Å². The predicted molar refractivity (Wildman–Crippen MR) is 115 cm³/mol. The summed E-state index contributed by atoms with van der Waals surface area (Å²) in [5.74, 6) is -0.0266. The summed E-state index contributed by atoms with van der Waals surface area (Å²) in [4.78, 5) is 21.5. The van der Waals surface area contributed by atoms with E-state index >= 15 is 0 Å². The molecule has 0 saturated heterocycles. The summed E-state index contributed by atoms with van der Waals surface area (Å²) >= 11 is 0. The first-order chi connectivity index (χ1) is 14.2. The van der Waals surface area contributed by atoms with Crippen molar-refractivity contribution in [3.8, 4) is 11.1 Å². The molecule has 2 heterocycles. The Labute approximate surface area is 176 Å². The molecular formula is C21H25N5O3S. The van der Waals surface area contributed by atoms with Crippen molar-refractivity contribution < 1.29 is 13.2 Å². The molecule has 0 aliphatic carbocycles. The molecule has 0 saturated carbocycles. The van der Waals surface area contributed by atoms with E-state index in [1.54, 1.807) is 36.0 Å². The average molecular weight is 428 g/mol. The molecule has 0 bridgehead atoms. The van der Waals surface area contributed by atoms with Crippen LogP contribution in [-0.2, 0) is 34.8 Å². The van der Waals surface area contributed by atoms with E-state index < -0.39 is 10.0 Å². The van der Waals surface area contributed by atoms with Crippen molar-refractivity contribution in [2.75, 3.05) is 11.9 Å². The number of nitrogens with zero attached hydrogens (tertiary/aromatic N) is 4. The third kappa shape index (κ3) is 4.74. The van der Waals surface area contributed by atoms with Gasteiger partial charge in [0.2, 0.25) is 5.91 Å². The molecule has 0 aliphatic heterocycles. The van der Waals surface area contributed by atoms with Gasteiger partial charge in [0.15, 0.2) is 5.03 Å². The summed E-state index contributed by atoms with van der Waals surface area (Å²) in [5, 5.41) is -0.0214. The van der Waals surface area contributed by atoms with Gasteiger partial charge in [0.05, 0.1) is 6.33 Å². The molecule has 1 amide bonds. The number of imidazole rings is 1. The summed E-state index contributed by atoms with van der Waals surface area (Å²) in [5.41, 5.74) is 4.48. The molecule has 3 rings (SSSR count). The largest absolute Gasteiger partial charge is 0.339 e. The maximum absolute atomic E-state index is 12.4. The summed E-state index contributed by atoms with van der Waals surface area (Å²) in [6.07, 6.45) is 7.03. The summed E-state index contributed by atoms with van der Waals surface area (Å²) in [6, 6.07) is 7.80. The van der Waals surface area contributed by atoms with Gasteiger partial charge in [-0.25, -0.2) is 18.1 Å². The van der Waals surface area contributed by atoms with Gasteiger partial charge in [0.25, 0.3) is 10.0 Å². The van der Waals surface area contributed by atoms with Gasteiger partial charge < -0.3 is 9.47 Å². The molecule has 3 aromatic rings. The van der Waals surface area contributed by atoms with Crippen LogP contribution in [0.4, 0.5) is 5.69 Å². The van der Waals surface area contributed by atoms with Gasteiger partial charge in [0.1, 0.15) is 0 Å². The molecule has 0 fully saturated rings. The molecule has 0 atom stereocenters. The average Bonchev–Trinajstić information content (AvgIpc) is 3.19. The van der Waals surface area contributed by atoms with E-state index in [1.807, 2.05) is 31.2 Å². The maximum atomic E-state index is 12.4. The number of pyridine rings is 1. The van der Waals surface area contributed by atoms with E-state index in [0.717, 1.165) is 34.4 Å². The van der Waals surface area contributed by atoms with Crippen molar-refractivity contribution in [3.63, 3.8) is 0 Å². The minimum Gasteiger partial charge on any atom is -0.339 e. The first-order valence-corrected chi connectivity index (χ1v) is 11.0. The van der Waals surface area contributed by atoms with Crippen LogP contribution in [0.3, 0.4) is 0 Å². The molecule has 0 radical (unpaired) electrons. The van der Waals surface area contributed by atoms with Crippen LogP contribution in [0.15, 0.2) is 54.2 Å². The molecule has 0 unspecified atom stereocenters. The Morgan fingerprint density at radius 2 is 1.97 bits per heavy atom. The number of aryl methyl sites for hydroxylation is 2. The zero-order valence-corrected chi connectivity index (χ0v) is 18.3. The quantitative estimate of drug-likeness (QED) is 0.625. The monoisotopic (exact) mass is 427 g/mol. The maximum Gasteiger partial charge on any atom is 0.259 e. The number of anilines is 1. The number of hydrogen-bond acceptors (Lipinski definition) is 5. The lowest BCUT2D eigenvalue weighted by Crippen LogP contribution is -2.24. The minimum absolute atomic E-state index is 0.0214.